The Morgan fingerprint density at radius 2 is 2.16 bits per heavy atom. The summed E-state index contributed by atoms with van der Waals surface area (Å²) in [5, 5.41) is 11.7. The summed E-state index contributed by atoms with van der Waals surface area (Å²) < 4.78 is 0. The lowest BCUT2D eigenvalue weighted by atomic mass is 10.1. The second kappa shape index (κ2) is 6.37. The van der Waals surface area contributed by atoms with E-state index in [0.29, 0.717) is 25.4 Å². The molecule has 1 aliphatic heterocycles. The highest BCUT2D eigenvalue weighted by Gasteiger charge is 2.38. The highest BCUT2D eigenvalue weighted by Crippen LogP contribution is 2.29. The number of carbonyl (C=O) groups is 2. The van der Waals surface area contributed by atoms with Crippen molar-refractivity contribution < 1.29 is 14.7 Å². The molecular weight excluding hydrogens is 244 g/mol. The van der Waals surface area contributed by atoms with Gasteiger partial charge in [0.2, 0.25) is 11.8 Å². The van der Waals surface area contributed by atoms with Gasteiger partial charge in [-0.1, -0.05) is 12.8 Å². The minimum absolute atomic E-state index is 0.0341. The molecule has 0 aromatic heterocycles. The molecule has 2 rings (SSSR count). The maximum atomic E-state index is 12.1. The van der Waals surface area contributed by atoms with Gasteiger partial charge in [0.05, 0.1) is 5.92 Å². The predicted molar refractivity (Wildman–Crippen MR) is 71.4 cm³/mol. The summed E-state index contributed by atoms with van der Waals surface area (Å²) in [5.41, 5.74) is 0. The van der Waals surface area contributed by atoms with Crippen LogP contribution in [-0.4, -0.2) is 47.1 Å². The second-order valence-electron chi connectivity index (χ2n) is 5.81. The van der Waals surface area contributed by atoms with Crippen LogP contribution in [0, 0.1) is 5.92 Å². The molecule has 2 atom stereocenters. The number of carbonyl (C=O) groups excluding carboxylic acids is 2. The van der Waals surface area contributed by atoms with E-state index < -0.39 is 0 Å². The molecule has 19 heavy (non-hydrogen) atoms. The number of aliphatic hydroxyl groups is 1. The Bertz CT molecular complexity index is 340. The van der Waals surface area contributed by atoms with Crippen LogP contribution in [0.3, 0.4) is 0 Å². The van der Waals surface area contributed by atoms with Gasteiger partial charge in [-0.05, 0) is 26.2 Å². The van der Waals surface area contributed by atoms with Crippen LogP contribution in [0.15, 0.2) is 0 Å². The fourth-order valence-corrected chi connectivity index (χ4v) is 3.10. The molecule has 5 nitrogen and oxygen atoms in total. The molecule has 108 valence electrons. The molecule has 0 spiro atoms. The minimum atomic E-state index is -0.214. The molecule has 1 heterocycles. The molecule has 0 bridgehead atoms. The molecule has 0 aromatic rings. The van der Waals surface area contributed by atoms with Crippen molar-refractivity contribution in [3.63, 3.8) is 0 Å². The maximum Gasteiger partial charge on any atom is 0.225 e. The predicted octanol–water partition coefficient (Wildman–Crippen LogP) is 0.665. The van der Waals surface area contributed by atoms with Crippen molar-refractivity contribution in [1.82, 2.24) is 10.2 Å². The van der Waals surface area contributed by atoms with E-state index in [0.717, 1.165) is 12.8 Å². The third kappa shape index (κ3) is 3.47. The van der Waals surface area contributed by atoms with E-state index >= 15 is 0 Å². The van der Waals surface area contributed by atoms with Crippen molar-refractivity contribution in [2.75, 3.05) is 13.2 Å². The van der Waals surface area contributed by atoms with Crippen molar-refractivity contribution in [1.29, 1.82) is 0 Å². The van der Waals surface area contributed by atoms with Crippen LogP contribution >= 0.6 is 0 Å². The topological polar surface area (TPSA) is 69.6 Å². The summed E-state index contributed by atoms with van der Waals surface area (Å²) in [5.74, 6) is -0.133. The molecular formula is C14H24N2O3. The third-order valence-corrected chi connectivity index (χ3v) is 4.25. The number of hydrogen-bond donors (Lipinski definition) is 2. The van der Waals surface area contributed by atoms with E-state index in [2.05, 4.69) is 5.32 Å². The molecule has 1 saturated carbocycles. The molecule has 2 unspecified atom stereocenters. The molecule has 2 N–H and O–H groups in total. The van der Waals surface area contributed by atoms with E-state index in [4.69, 9.17) is 5.11 Å². The molecule has 1 saturated heterocycles. The molecule has 5 heteroatoms. The Morgan fingerprint density at radius 3 is 2.79 bits per heavy atom. The summed E-state index contributed by atoms with van der Waals surface area (Å²) in [6.07, 6.45) is 5.45. The molecule has 2 amide bonds. The summed E-state index contributed by atoms with van der Waals surface area (Å²) in [4.78, 5) is 26.0. The van der Waals surface area contributed by atoms with Crippen LogP contribution in [0.2, 0.25) is 0 Å². The highest BCUT2D eigenvalue weighted by molar-refractivity contribution is 5.89. The van der Waals surface area contributed by atoms with E-state index in [1.165, 1.54) is 12.8 Å². The van der Waals surface area contributed by atoms with E-state index in [-0.39, 0.29) is 30.4 Å². The second-order valence-corrected chi connectivity index (χ2v) is 5.81. The molecule has 2 aliphatic rings. The van der Waals surface area contributed by atoms with Gasteiger partial charge in [0.1, 0.15) is 0 Å². The van der Waals surface area contributed by atoms with E-state index in [1.807, 2.05) is 11.8 Å². The van der Waals surface area contributed by atoms with Crippen LogP contribution < -0.4 is 5.32 Å². The van der Waals surface area contributed by atoms with Crippen molar-refractivity contribution in [3.05, 3.63) is 0 Å². The van der Waals surface area contributed by atoms with Gasteiger partial charge in [-0.3, -0.25) is 9.59 Å². The minimum Gasteiger partial charge on any atom is -0.396 e. The smallest absolute Gasteiger partial charge is 0.225 e. The average molecular weight is 268 g/mol. The van der Waals surface area contributed by atoms with E-state index in [9.17, 15) is 9.59 Å². The average Bonchev–Trinajstić information content (AvgIpc) is 2.97. The van der Waals surface area contributed by atoms with Crippen LogP contribution in [0.5, 0.6) is 0 Å². The third-order valence-electron chi connectivity index (χ3n) is 4.25. The van der Waals surface area contributed by atoms with Gasteiger partial charge in [0, 0.05) is 31.7 Å². The maximum absolute atomic E-state index is 12.1. The zero-order valence-corrected chi connectivity index (χ0v) is 11.6. The van der Waals surface area contributed by atoms with Gasteiger partial charge in [0.15, 0.2) is 0 Å². The first-order valence-electron chi connectivity index (χ1n) is 7.32. The fourth-order valence-electron chi connectivity index (χ4n) is 3.10. The Morgan fingerprint density at radius 1 is 1.47 bits per heavy atom. The zero-order chi connectivity index (χ0) is 13.8. The Hall–Kier alpha value is -1.10. The number of nitrogens with one attached hydrogen (secondary N) is 1. The molecule has 0 aromatic carbocycles. The molecule has 0 radical (unpaired) electrons. The number of nitrogens with zero attached hydrogens (tertiary/aromatic N) is 1. The zero-order valence-electron chi connectivity index (χ0n) is 11.6. The first-order valence-corrected chi connectivity index (χ1v) is 7.32. The summed E-state index contributed by atoms with van der Waals surface area (Å²) in [7, 11) is 0. The van der Waals surface area contributed by atoms with Gasteiger partial charge < -0.3 is 15.3 Å². The van der Waals surface area contributed by atoms with Crippen molar-refractivity contribution >= 4 is 11.8 Å². The highest BCUT2D eigenvalue weighted by atomic mass is 16.3. The summed E-state index contributed by atoms with van der Waals surface area (Å²) in [6.45, 7) is 2.51. The lowest BCUT2D eigenvalue weighted by molar-refractivity contribution is -0.130. The molecule has 2 fully saturated rings. The van der Waals surface area contributed by atoms with Crippen LogP contribution in [0.1, 0.15) is 45.4 Å². The van der Waals surface area contributed by atoms with Gasteiger partial charge in [-0.15, -0.1) is 0 Å². The van der Waals surface area contributed by atoms with Gasteiger partial charge in [0.25, 0.3) is 0 Å². The Kier molecular flexibility index (Phi) is 4.80. The van der Waals surface area contributed by atoms with Crippen molar-refractivity contribution in [2.45, 2.75) is 57.5 Å². The summed E-state index contributed by atoms with van der Waals surface area (Å²) in [6, 6.07) is 0.327. The number of likely N-dealkylation sites (tertiary alicyclic amines) is 1. The fraction of sp³-hybridized carbons (Fsp3) is 0.857. The first kappa shape index (κ1) is 14.3. The van der Waals surface area contributed by atoms with Crippen LogP contribution in [-0.2, 0) is 9.59 Å². The largest absolute Gasteiger partial charge is 0.396 e. The first-order chi connectivity index (χ1) is 9.11. The van der Waals surface area contributed by atoms with Gasteiger partial charge in [-0.2, -0.15) is 0 Å². The Labute approximate surface area is 114 Å². The number of hydrogen-bond acceptors (Lipinski definition) is 3. The lowest BCUT2D eigenvalue weighted by Gasteiger charge is -2.24. The normalized spacial score (nSPS) is 25.9. The number of aliphatic hydroxyl groups excluding tert-OH is 1. The number of amides is 2. The van der Waals surface area contributed by atoms with Gasteiger partial charge in [-0.25, -0.2) is 0 Å². The monoisotopic (exact) mass is 268 g/mol. The van der Waals surface area contributed by atoms with Crippen molar-refractivity contribution in [2.24, 2.45) is 5.92 Å². The lowest BCUT2D eigenvalue weighted by Crippen LogP contribution is -2.40. The quantitative estimate of drug-likeness (QED) is 0.770. The molecule has 1 aliphatic carbocycles. The SMILES string of the molecule is CC(CCO)NC(=O)C1CC(=O)N(C2CCCC2)C1. The van der Waals surface area contributed by atoms with Crippen molar-refractivity contribution in [3.8, 4) is 0 Å². The Balaban J connectivity index is 1.85. The summed E-state index contributed by atoms with van der Waals surface area (Å²) >= 11 is 0. The van der Waals surface area contributed by atoms with Crippen LogP contribution in [0.4, 0.5) is 0 Å². The van der Waals surface area contributed by atoms with Crippen LogP contribution in [0.25, 0.3) is 0 Å². The van der Waals surface area contributed by atoms with E-state index in [1.54, 1.807) is 0 Å². The number of rotatable bonds is 5. The van der Waals surface area contributed by atoms with Gasteiger partial charge >= 0.3 is 0 Å². The standard InChI is InChI=1S/C14H24N2O3/c1-10(6-7-17)15-14(19)11-8-13(18)16(9-11)12-4-2-3-5-12/h10-12,17H,2-9H2,1H3,(H,15,19).